The third kappa shape index (κ3) is 4.91. The van der Waals surface area contributed by atoms with Gasteiger partial charge in [0.25, 0.3) is 0 Å². The lowest BCUT2D eigenvalue weighted by Gasteiger charge is -2.32. The maximum Gasteiger partial charge on any atom is 0.198 e. The van der Waals surface area contributed by atoms with E-state index in [2.05, 4.69) is 0 Å². The number of benzene rings is 4. The van der Waals surface area contributed by atoms with E-state index in [4.69, 9.17) is 21.4 Å². The maximum atomic E-state index is 12.7. The molecular formula is C29H24ClN3O2. The van der Waals surface area contributed by atoms with Crippen molar-refractivity contribution in [2.75, 3.05) is 9.91 Å². The smallest absolute Gasteiger partial charge is 0.198 e. The lowest BCUT2D eigenvalue weighted by Crippen LogP contribution is -2.37. The van der Waals surface area contributed by atoms with Crippen molar-refractivity contribution in [2.24, 2.45) is 5.10 Å². The molecule has 0 aliphatic carbocycles. The van der Waals surface area contributed by atoms with Gasteiger partial charge in [-0.05, 0) is 59.7 Å². The summed E-state index contributed by atoms with van der Waals surface area (Å²) in [5.41, 5.74) is 3.82. The molecule has 35 heavy (non-hydrogen) atoms. The standard InChI is InChI=1S/C29H24ClN3O2/c1-21(34)28-31-33(26-10-6-3-7-11-26)29(32(28)25-8-4-2-5-9-25)23-14-18-27(19-15-23)35-20-22-12-16-24(30)17-13-22/h2-19,29H,20H2,1H3/t29-/m0/s1. The molecule has 4 aromatic carbocycles. The second-order valence-corrected chi connectivity index (χ2v) is 8.66. The van der Waals surface area contributed by atoms with Crippen LogP contribution in [0.15, 0.2) is 114 Å². The fourth-order valence-electron chi connectivity index (χ4n) is 4.08. The normalized spacial score (nSPS) is 15.1. The van der Waals surface area contributed by atoms with E-state index >= 15 is 0 Å². The first-order valence-corrected chi connectivity index (χ1v) is 11.7. The van der Waals surface area contributed by atoms with Crippen LogP contribution in [0.1, 0.15) is 24.2 Å². The molecule has 0 bridgehead atoms. The van der Waals surface area contributed by atoms with Gasteiger partial charge in [-0.15, -0.1) is 5.10 Å². The fraction of sp³-hybridized carbons (Fsp3) is 0.103. The van der Waals surface area contributed by atoms with Crippen LogP contribution in [0.3, 0.4) is 0 Å². The number of Topliss-reactive ketones (excluding diaryl/α,β-unsaturated/α-hetero) is 1. The second-order valence-electron chi connectivity index (χ2n) is 8.22. The number of amidine groups is 1. The molecule has 0 unspecified atom stereocenters. The van der Waals surface area contributed by atoms with Crippen molar-refractivity contribution in [2.45, 2.75) is 19.7 Å². The van der Waals surface area contributed by atoms with Gasteiger partial charge in [-0.25, -0.2) is 5.01 Å². The van der Waals surface area contributed by atoms with Crippen LogP contribution in [-0.4, -0.2) is 11.6 Å². The summed E-state index contributed by atoms with van der Waals surface area (Å²) in [5, 5.41) is 7.36. The number of rotatable bonds is 7. The SMILES string of the molecule is CC(=O)C1=NN(c2ccccc2)[C@@H](c2ccc(OCc3ccc(Cl)cc3)cc2)N1c1ccccc1. The summed E-state index contributed by atoms with van der Waals surface area (Å²) in [4.78, 5) is 14.6. The van der Waals surface area contributed by atoms with Crippen molar-refractivity contribution in [1.82, 2.24) is 0 Å². The zero-order valence-electron chi connectivity index (χ0n) is 19.2. The summed E-state index contributed by atoms with van der Waals surface area (Å²) in [7, 11) is 0. The summed E-state index contributed by atoms with van der Waals surface area (Å²) in [5.74, 6) is 1.06. The molecule has 5 rings (SSSR count). The van der Waals surface area contributed by atoms with Crippen molar-refractivity contribution < 1.29 is 9.53 Å². The molecule has 0 fully saturated rings. The number of ether oxygens (including phenoxy) is 1. The average molecular weight is 482 g/mol. The van der Waals surface area contributed by atoms with Gasteiger partial charge in [-0.1, -0.05) is 72.3 Å². The van der Waals surface area contributed by atoms with Crippen molar-refractivity contribution in [3.63, 3.8) is 0 Å². The van der Waals surface area contributed by atoms with E-state index in [1.54, 1.807) is 6.92 Å². The van der Waals surface area contributed by atoms with E-state index in [0.29, 0.717) is 17.5 Å². The van der Waals surface area contributed by atoms with E-state index < -0.39 is 0 Å². The molecule has 1 aliphatic rings. The first-order chi connectivity index (χ1) is 17.1. The van der Waals surface area contributed by atoms with Gasteiger partial charge in [0.1, 0.15) is 12.4 Å². The van der Waals surface area contributed by atoms with Crippen LogP contribution in [-0.2, 0) is 11.4 Å². The largest absolute Gasteiger partial charge is 0.489 e. The highest BCUT2D eigenvalue weighted by molar-refractivity contribution is 6.44. The Bertz CT molecular complexity index is 1320. The van der Waals surface area contributed by atoms with E-state index in [9.17, 15) is 4.79 Å². The molecule has 1 heterocycles. The number of anilines is 2. The van der Waals surface area contributed by atoms with E-state index in [1.807, 2.05) is 119 Å². The Balaban J connectivity index is 1.47. The highest BCUT2D eigenvalue weighted by Gasteiger charge is 2.39. The van der Waals surface area contributed by atoms with Crippen LogP contribution >= 0.6 is 11.6 Å². The van der Waals surface area contributed by atoms with Crippen LogP contribution in [0, 0.1) is 0 Å². The molecule has 6 heteroatoms. The third-order valence-electron chi connectivity index (χ3n) is 5.77. The van der Waals surface area contributed by atoms with Gasteiger partial charge in [0.15, 0.2) is 17.8 Å². The zero-order valence-corrected chi connectivity index (χ0v) is 20.0. The summed E-state index contributed by atoms with van der Waals surface area (Å²) in [6.07, 6.45) is -0.330. The minimum Gasteiger partial charge on any atom is -0.489 e. The van der Waals surface area contributed by atoms with Crippen molar-refractivity contribution >= 4 is 34.6 Å². The number of nitrogens with zero attached hydrogens (tertiary/aromatic N) is 3. The number of carbonyl (C=O) groups excluding carboxylic acids is 1. The van der Waals surface area contributed by atoms with Crippen molar-refractivity contribution in [1.29, 1.82) is 0 Å². The van der Waals surface area contributed by atoms with Crippen molar-refractivity contribution in [3.05, 3.63) is 125 Å². The van der Waals surface area contributed by atoms with Crippen molar-refractivity contribution in [3.8, 4) is 5.75 Å². The van der Waals surface area contributed by atoms with Crippen LogP contribution in [0.5, 0.6) is 5.75 Å². The van der Waals surface area contributed by atoms with Gasteiger partial charge in [0, 0.05) is 17.6 Å². The van der Waals surface area contributed by atoms with Gasteiger partial charge < -0.3 is 4.74 Å². The number of hydrazone groups is 1. The number of halogens is 1. The van der Waals surface area contributed by atoms with Gasteiger partial charge in [0.05, 0.1) is 5.69 Å². The van der Waals surface area contributed by atoms with E-state index in [1.165, 1.54) is 0 Å². The molecule has 0 spiro atoms. The first kappa shape index (κ1) is 22.7. The van der Waals surface area contributed by atoms with Crippen LogP contribution in [0.4, 0.5) is 11.4 Å². The molecule has 5 nitrogen and oxygen atoms in total. The van der Waals surface area contributed by atoms with E-state index in [0.717, 1.165) is 28.3 Å². The van der Waals surface area contributed by atoms with Gasteiger partial charge >= 0.3 is 0 Å². The molecule has 0 N–H and O–H groups in total. The first-order valence-electron chi connectivity index (χ1n) is 11.4. The Kier molecular flexibility index (Phi) is 6.51. The molecule has 0 amide bonds. The molecule has 0 saturated carbocycles. The molecule has 0 aromatic heterocycles. The van der Waals surface area contributed by atoms with Crippen LogP contribution in [0.2, 0.25) is 5.02 Å². The summed E-state index contributed by atoms with van der Waals surface area (Å²) >= 11 is 5.97. The third-order valence-corrected chi connectivity index (χ3v) is 6.03. The Morgan fingerprint density at radius 2 is 1.43 bits per heavy atom. The Morgan fingerprint density at radius 1 is 0.829 bits per heavy atom. The molecule has 1 atom stereocenters. The quantitative estimate of drug-likeness (QED) is 0.289. The summed E-state index contributed by atoms with van der Waals surface area (Å²) in [6.45, 7) is 2.00. The molecule has 0 saturated heterocycles. The maximum absolute atomic E-state index is 12.7. The monoisotopic (exact) mass is 481 g/mol. The Morgan fingerprint density at radius 3 is 2.03 bits per heavy atom. The Hall–Kier alpha value is -4.09. The molecular weight excluding hydrogens is 458 g/mol. The number of hydrogen-bond donors (Lipinski definition) is 0. The molecule has 1 aliphatic heterocycles. The topological polar surface area (TPSA) is 45.1 Å². The minimum absolute atomic E-state index is 0.0970. The lowest BCUT2D eigenvalue weighted by molar-refractivity contribution is -0.111. The number of ketones is 1. The summed E-state index contributed by atoms with van der Waals surface area (Å²) in [6, 6.07) is 35.3. The molecule has 0 radical (unpaired) electrons. The minimum atomic E-state index is -0.330. The van der Waals surface area contributed by atoms with Crippen LogP contribution < -0.4 is 14.6 Å². The van der Waals surface area contributed by atoms with E-state index in [-0.39, 0.29) is 11.9 Å². The van der Waals surface area contributed by atoms with Crippen LogP contribution in [0.25, 0.3) is 0 Å². The molecule has 174 valence electrons. The highest BCUT2D eigenvalue weighted by Crippen LogP contribution is 2.39. The predicted molar refractivity (Wildman–Crippen MR) is 141 cm³/mol. The predicted octanol–water partition coefficient (Wildman–Crippen LogP) is 6.85. The lowest BCUT2D eigenvalue weighted by atomic mass is 10.1. The number of hydrogen-bond acceptors (Lipinski definition) is 5. The number of carbonyl (C=O) groups is 1. The Labute approximate surface area is 209 Å². The second kappa shape index (κ2) is 10.0. The molecule has 4 aromatic rings. The zero-order chi connectivity index (χ0) is 24.2. The van der Waals surface area contributed by atoms with Gasteiger partial charge in [0.2, 0.25) is 0 Å². The average Bonchev–Trinajstić information content (AvgIpc) is 3.31. The summed E-state index contributed by atoms with van der Waals surface area (Å²) < 4.78 is 5.98. The number of para-hydroxylation sites is 2. The van der Waals surface area contributed by atoms with Gasteiger partial charge in [-0.3, -0.25) is 9.69 Å². The van der Waals surface area contributed by atoms with Gasteiger partial charge in [-0.2, -0.15) is 0 Å². The fourth-order valence-corrected chi connectivity index (χ4v) is 4.20. The highest BCUT2D eigenvalue weighted by atomic mass is 35.5.